The summed E-state index contributed by atoms with van der Waals surface area (Å²) in [5.41, 5.74) is 2.15. The minimum atomic E-state index is -0.706. The smallest absolute Gasteiger partial charge is 0.288 e. The Morgan fingerprint density at radius 1 is 1.26 bits per heavy atom. The number of nitro groups is 1. The second-order valence-electron chi connectivity index (χ2n) is 4.37. The summed E-state index contributed by atoms with van der Waals surface area (Å²) in [5, 5.41) is 33.1. The summed E-state index contributed by atoms with van der Waals surface area (Å²) >= 11 is 5.68. The normalized spacial score (nSPS) is 10.7. The molecule has 0 saturated heterocycles. The number of amides is 1. The van der Waals surface area contributed by atoms with Crippen LogP contribution in [0.15, 0.2) is 41.5 Å². The maximum atomic E-state index is 11.8. The third kappa shape index (κ3) is 3.95. The topological polar surface area (TPSA) is 125 Å². The molecule has 0 fully saturated rings. The molecule has 0 spiro atoms. The summed E-state index contributed by atoms with van der Waals surface area (Å²) < 4.78 is 0. The Balaban J connectivity index is 2.11. The van der Waals surface area contributed by atoms with Crippen LogP contribution in [0.3, 0.4) is 0 Å². The van der Waals surface area contributed by atoms with Crippen LogP contribution >= 0.6 is 11.6 Å². The number of aromatic hydroxyl groups is 2. The van der Waals surface area contributed by atoms with Crippen molar-refractivity contribution >= 4 is 29.4 Å². The van der Waals surface area contributed by atoms with Gasteiger partial charge in [0.25, 0.3) is 11.6 Å². The van der Waals surface area contributed by atoms with E-state index < -0.39 is 16.6 Å². The van der Waals surface area contributed by atoms with E-state index in [1.54, 1.807) is 0 Å². The third-order valence-electron chi connectivity index (χ3n) is 2.77. The largest absolute Gasteiger partial charge is 0.508 e. The number of carbonyl (C=O) groups excluding carboxylic acids is 1. The molecule has 0 bridgehead atoms. The van der Waals surface area contributed by atoms with Gasteiger partial charge in [-0.3, -0.25) is 14.9 Å². The molecule has 118 valence electrons. The summed E-state index contributed by atoms with van der Waals surface area (Å²) in [6.07, 6.45) is 1.19. The van der Waals surface area contributed by atoms with Crippen molar-refractivity contribution in [2.45, 2.75) is 0 Å². The zero-order valence-corrected chi connectivity index (χ0v) is 12.2. The molecule has 0 radical (unpaired) electrons. The van der Waals surface area contributed by atoms with Gasteiger partial charge in [0.1, 0.15) is 16.5 Å². The van der Waals surface area contributed by atoms with Crippen molar-refractivity contribution in [1.29, 1.82) is 0 Å². The Kier molecular flexibility index (Phi) is 4.77. The minimum absolute atomic E-state index is 0.00907. The summed E-state index contributed by atoms with van der Waals surface area (Å²) in [6.45, 7) is 0. The molecule has 2 aromatic rings. The first-order chi connectivity index (χ1) is 10.9. The second kappa shape index (κ2) is 6.75. The number of hydrazone groups is 1. The molecule has 2 rings (SSSR count). The van der Waals surface area contributed by atoms with Gasteiger partial charge in [0.15, 0.2) is 0 Å². The summed E-state index contributed by atoms with van der Waals surface area (Å²) in [5.74, 6) is -1.29. The Morgan fingerprint density at radius 3 is 2.65 bits per heavy atom. The van der Waals surface area contributed by atoms with E-state index in [2.05, 4.69) is 10.5 Å². The number of hydrogen-bond acceptors (Lipinski definition) is 6. The number of halogens is 1. The molecular weight excluding hydrogens is 326 g/mol. The van der Waals surface area contributed by atoms with Crippen molar-refractivity contribution in [3.8, 4) is 11.5 Å². The monoisotopic (exact) mass is 335 g/mol. The van der Waals surface area contributed by atoms with Crippen molar-refractivity contribution in [1.82, 2.24) is 5.43 Å². The zero-order chi connectivity index (χ0) is 17.0. The van der Waals surface area contributed by atoms with E-state index in [4.69, 9.17) is 16.7 Å². The van der Waals surface area contributed by atoms with Crippen molar-refractivity contribution in [2.75, 3.05) is 0 Å². The molecule has 0 heterocycles. The Labute approximate surface area is 134 Å². The van der Waals surface area contributed by atoms with Gasteiger partial charge in [0.2, 0.25) is 0 Å². The second-order valence-corrected chi connectivity index (χ2v) is 4.78. The van der Waals surface area contributed by atoms with Crippen LogP contribution in [-0.4, -0.2) is 27.3 Å². The highest BCUT2D eigenvalue weighted by atomic mass is 35.5. The highest BCUT2D eigenvalue weighted by Crippen LogP contribution is 2.24. The fourth-order valence-corrected chi connectivity index (χ4v) is 1.87. The van der Waals surface area contributed by atoms with E-state index in [0.29, 0.717) is 5.56 Å². The molecule has 0 aromatic heterocycles. The molecule has 0 saturated carbocycles. The molecule has 9 heteroatoms. The lowest BCUT2D eigenvalue weighted by molar-refractivity contribution is -0.384. The third-order valence-corrected chi connectivity index (χ3v) is 3.09. The lowest BCUT2D eigenvalue weighted by Crippen LogP contribution is -2.17. The number of phenols is 2. The Hall–Kier alpha value is -3.13. The van der Waals surface area contributed by atoms with E-state index in [1.807, 2.05) is 0 Å². The van der Waals surface area contributed by atoms with Gasteiger partial charge in [-0.15, -0.1) is 0 Å². The van der Waals surface area contributed by atoms with Crippen LogP contribution in [0.2, 0.25) is 5.02 Å². The first-order valence-electron chi connectivity index (χ1n) is 6.18. The van der Waals surface area contributed by atoms with Crippen molar-refractivity contribution in [3.05, 3.63) is 62.7 Å². The van der Waals surface area contributed by atoms with Gasteiger partial charge in [0, 0.05) is 17.7 Å². The molecule has 1 amide bonds. The quantitative estimate of drug-likeness (QED) is 0.449. The average Bonchev–Trinajstić information content (AvgIpc) is 2.48. The standard InChI is InChI=1S/C14H10ClN3O5/c15-11-4-1-8(5-12(11)18(22)23)7-16-17-14(21)10-3-2-9(19)6-13(10)20/h1-7,19-20H,(H,17,21). The van der Waals surface area contributed by atoms with Crippen molar-refractivity contribution < 1.29 is 19.9 Å². The highest BCUT2D eigenvalue weighted by Gasteiger charge is 2.12. The molecule has 0 aliphatic rings. The lowest BCUT2D eigenvalue weighted by Gasteiger charge is -2.03. The molecule has 0 unspecified atom stereocenters. The van der Waals surface area contributed by atoms with E-state index in [-0.39, 0.29) is 22.0 Å². The maximum absolute atomic E-state index is 11.8. The first-order valence-corrected chi connectivity index (χ1v) is 6.55. The maximum Gasteiger partial charge on any atom is 0.288 e. The van der Waals surface area contributed by atoms with E-state index in [1.165, 1.54) is 36.5 Å². The number of carbonyl (C=O) groups is 1. The highest BCUT2D eigenvalue weighted by molar-refractivity contribution is 6.32. The number of benzene rings is 2. The number of nitro benzene ring substituents is 1. The number of hydrogen-bond donors (Lipinski definition) is 3. The zero-order valence-electron chi connectivity index (χ0n) is 11.4. The van der Waals surface area contributed by atoms with Gasteiger partial charge >= 0.3 is 0 Å². The van der Waals surface area contributed by atoms with Gasteiger partial charge in [-0.05, 0) is 18.2 Å². The van der Waals surface area contributed by atoms with E-state index in [9.17, 15) is 20.0 Å². The molecule has 0 atom stereocenters. The van der Waals surface area contributed by atoms with Crippen LogP contribution in [-0.2, 0) is 0 Å². The molecule has 3 N–H and O–H groups in total. The van der Waals surface area contributed by atoms with Crippen LogP contribution in [0.4, 0.5) is 5.69 Å². The molecule has 0 aliphatic heterocycles. The average molecular weight is 336 g/mol. The SMILES string of the molecule is O=C(NN=Cc1ccc(Cl)c([N+](=O)[O-])c1)c1ccc(O)cc1O. The van der Waals surface area contributed by atoms with Crippen molar-refractivity contribution in [2.24, 2.45) is 5.10 Å². The Morgan fingerprint density at radius 2 is 2.00 bits per heavy atom. The van der Waals surface area contributed by atoms with E-state index >= 15 is 0 Å². The lowest BCUT2D eigenvalue weighted by atomic mass is 10.2. The van der Waals surface area contributed by atoms with Gasteiger partial charge in [-0.2, -0.15) is 5.10 Å². The van der Waals surface area contributed by atoms with Gasteiger partial charge in [-0.25, -0.2) is 5.43 Å². The van der Waals surface area contributed by atoms with Gasteiger partial charge in [0.05, 0.1) is 16.7 Å². The predicted molar refractivity (Wildman–Crippen MR) is 82.9 cm³/mol. The first kappa shape index (κ1) is 16.2. The van der Waals surface area contributed by atoms with Gasteiger partial charge in [-0.1, -0.05) is 17.7 Å². The van der Waals surface area contributed by atoms with Crippen LogP contribution in [0, 0.1) is 10.1 Å². The molecule has 8 nitrogen and oxygen atoms in total. The summed E-state index contributed by atoms with van der Waals surface area (Å²) in [6, 6.07) is 7.51. The fourth-order valence-electron chi connectivity index (χ4n) is 1.69. The van der Waals surface area contributed by atoms with Crippen LogP contribution in [0.25, 0.3) is 0 Å². The summed E-state index contributed by atoms with van der Waals surface area (Å²) in [7, 11) is 0. The predicted octanol–water partition coefficient (Wildman–Crippen LogP) is 2.42. The fraction of sp³-hybridized carbons (Fsp3) is 0. The van der Waals surface area contributed by atoms with Crippen molar-refractivity contribution in [3.63, 3.8) is 0 Å². The van der Waals surface area contributed by atoms with E-state index in [0.717, 1.165) is 6.07 Å². The molecule has 0 aliphatic carbocycles. The number of nitrogens with one attached hydrogen (secondary N) is 1. The van der Waals surface area contributed by atoms with Crippen LogP contribution in [0.1, 0.15) is 15.9 Å². The molecule has 23 heavy (non-hydrogen) atoms. The molecule has 2 aromatic carbocycles. The van der Waals surface area contributed by atoms with Crippen LogP contribution in [0.5, 0.6) is 11.5 Å². The number of nitrogens with zero attached hydrogens (tertiary/aromatic N) is 2. The minimum Gasteiger partial charge on any atom is -0.508 e. The summed E-state index contributed by atoms with van der Waals surface area (Å²) in [4.78, 5) is 21.9. The van der Waals surface area contributed by atoms with Gasteiger partial charge < -0.3 is 10.2 Å². The number of phenolic OH excluding ortho intramolecular Hbond substituents is 2. The Bertz CT molecular complexity index is 807. The number of rotatable bonds is 4. The molecular formula is C14H10ClN3O5. The van der Waals surface area contributed by atoms with Crippen LogP contribution < -0.4 is 5.43 Å².